The normalized spacial score (nSPS) is 18.5. The van der Waals surface area contributed by atoms with Crippen LogP contribution < -0.4 is 15.4 Å². The van der Waals surface area contributed by atoms with E-state index in [9.17, 15) is 18.8 Å². The fourth-order valence-corrected chi connectivity index (χ4v) is 3.29. The molecule has 1 aliphatic rings. The molecular formula is C21H22FN3O4. The van der Waals surface area contributed by atoms with Crippen LogP contribution in [0.1, 0.15) is 24.5 Å². The van der Waals surface area contributed by atoms with E-state index < -0.39 is 29.9 Å². The van der Waals surface area contributed by atoms with E-state index in [1.807, 2.05) is 0 Å². The van der Waals surface area contributed by atoms with Gasteiger partial charge in [0.1, 0.15) is 23.7 Å². The lowest BCUT2D eigenvalue weighted by molar-refractivity contribution is -0.135. The molecule has 4 amide bonds. The van der Waals surface area contributed by atoms with Gasteiger partial charge in [0.25, 0.3) is 5.91 Å². The van der Waals surface area contributed by atoms with Gasteiger partial charge in [-0.2, -0.15) is 0 Å². The predicted octanol–water partition coefficient (Wildman–Crippen LogP) is 2.31. The Bertz CT molecular complexity index is 915. The van der Waals surface area contributed by atoms with E-state index >= 15 is 0 Å². The highest BCUT2D eigenvalue weighted by Crippen LogP contribution is 2.33. The van der Waals surface area contributed by atoms with Gasteiger partial charge in [-0.05, 0) is 41.8 Å². The molecule has 152 valence electrons. The summed E-state index contributed by atoms with van der Waals surface area (Å²) in [7, 11) is 1.54. The Morgan fingerprint density at radius 3 is 2.38 bits per heavy atom. The van der Waals surface area contributed by atoms with Gasteiger partial charge in [0.2, 0.25) is 5.91 Å². The smallest absolute Gasteiger partial charge is 0.325 e. The number of nitrogens with zero attached hydrogens (tertiary/aromatic N) is 1. The van der Waals surface area contributed by atoms with Crippen LogP contribution in [0.4, 0.5) is 9.18 Å². The monoisotopic (exact) mass is 399 g/mol. The van der Waals surface area contributed by atoms with Crippen LogP contribution in [0.15, 0.2) is 48.5 Å². The molecule has 8 heteroatoms. The van der Waals surface area contributed by atoms with E-state index in [0.29, 0.717) is 23.3 Å². The zero-order chi connectivity index (χ0) is 21.0. The summed E-state index contributed by atoms with van der Waals surface area (Å²) in [6, 6.07) is 11.9. The van der Waals surface area contributed by atoms with Gasteiger partial charge in [-0.25, -0.2) is 9.18 Å². The molecular weight excluding hydrogens is 377 g/mol. The second-order valence-electron chi connectivity index (χ2n) is 6.71. The van der Waals surface area contributed by atoms with Gasteiger partial charge < -0.3 is 15.4 Å². The lowest BCUT2D eigenvalue weighted by Crippen LogP contribution is -2.44. The number of hydrogen-bond donors (Lipinski definition) is 2. The SMILES string of the molecule is CC[C@]1(c2ccc(OC)cc2)NC(=O)N(CC(=O)NCc2ccc(F)cc2)C1=O. The number of halogens is 1. The number of ether oxygens (including phenoxy) is 1. The molecule has 29 heavy (non-hydrogen) atoms. The summed E-state index contributed by atoms with van der Waals surface area (Å²) in [4.78, 5) is 38.7. The molecule has 2 N–H and O–H groups in total. The van der Waals surface area contributed by atoms with Crippen LogP contribution >= 0.6 is 0 Å². The molecule has 1 saturated heterocycles. The molecule has 0 bridgehead atoms. The standard InChI is InChI=1S/C21H22FN3O4/c1-3-21(15-6-10-17(29-2)11-7-15)19(27)25(20(28)24-21)13-18(26)23-12-14-4-8-16(22)9-5-14/h4-11H,3,12-13H2,1-2H3,(H,23,26)(H,24,28)/t21-/m1/s1. The molecule has 7 nitrogen and oxygen atoms in total. The Kier molecular flexibility index (Phi) is 5.81. The molecule has 0 radical (unpaired) electrons. The lowest BCUT2D eigenvalue weighted by atomic mass is 9.87. The van der Waals surface area contributed by atoms with Crippen LogP contribution in [0.2, 0.25) is 0 Å². The number of rotatable bonds is 7. The maximum atomic E-state index is 13.1. The zero-order valence-electron chi connectivity index (χ0n) is 16.2. The van der Waals surface area contributed by atoms with Gasteiger partial charge in [0.15, 0.2) is 0 Å². The number of urea groups is 1. The van der Waals surface area contributed by atoms with E-state index in [4.69, 9.17) is 4.74 Å². The summed E-state index contributed by atoms with van der Waals surface area (Å²) in [5.41, 5.74) is 0.104. The van der Waals surface area contributed by atoms with E-state index in [-0.39, 0.29) is 12.4 Å². The second-order valence-corrected chi connectivity index (χ2v) is 6.71. The molecule has 1 aliphatic heterocycles. The van der Waals surface area contributed by atoms with Gasteiger partial charge in [-0.3, -0.25) is 14.5 Å². The number of benzene rings is 2. The van der Waals surface area contributed by atoms with Gasteiger partial charge in [0, 0.05) is 6.54 Å². The van der Waals surface area contributed by atoms with Gasteiger partial charge in [-0.1, -0.05) is 31.2 Å². The zero-order valence-corrected chi connectivity index (χ0v) is 16.2. The maximum Gasteiger partial charge on any atom is 0.325 e. The Hall–Kier alpha value is -3.42. The predicted molar refractivity (Wildman–Crippen MR) is 103 cm³/mol. The van der Waals surface area contributed by atoms with Gasteiger partial charge in [0.05, 0.1) is 7.11 Å². The molecule has 1 atom stereocenters. The van der Waals surface area contributed by atoms with E-state index in [1.165, 1.54) is 12.1 Å². The first-order chi connectivity index (χ1) is 13.9. The van der Waals surface area contributed by atoms with Crippen LogP contribution in [-0.4, -0.2) is 36.4 Å². The summed E-state index contributed by atoms with van der Waals surface area (Å²) < 4.78 is 18.1. The number of amides is 4. The van der Waals surface area contributed by atoms with Crippen molar-refractivity contribution in [1.82, 2.24) is 15.5 Å². The molecule has 0 aliphatic carbocycles. The minimum absolute atomic E-state index is 0.167. The summed E-state index contributed by atoms with van der Waals surface area (Å²) in [6.45, 7) is 1.56. The molecule has 3 rings (SSSR count). The van der Waals surface area contributed by atoms with Crippen molar-refractivity contribution >= 4 is 17.8 Å². The maximum absolute atomic E-state index is 13.1. The third kappa shape index (κ3) is 4.06. The first-order valence-electron chi connectivity index (χ1n) is 9.19. The molecule has 2 aromatic carbocycles. The van der Waals surface area contributed by atoms with Crippen LogP contribution in [0, 0.1) is 5.82 Å². The molecule has 0 saturated carbocycles. The van der Waals surface area contributed by atoms with Crippen molar-refractivity contribution in [1.29, 1.82) is 0 Å². The second kappa shape index (κ2) is 8.30. The molecule has 0 unspecified atom stereocenters. The topological polar surface area (TPSA) is 87.7 Å². The first-order valence-corrected chi connectivity index (χ1v) is 9.19. The van der Waals surface area contributed by atoms with Gasteiger partial charge >= 0.3 is 6.03 Å². The minimum Gasteiger partial charge on any atom is -0.497 e. The quantitative estimate of drug-likeness (QED) is 0.700. The number of carbonyl (C=O) groups is 3. The van der Waals surface area contributed by atoms with Crippen LogP contribution in [0.3, 0.4) is 0 Å². The Morgan fingerprint density at radius 2 is 1.79 bits per heavy atom. The Morgan fingerprint density at radius 1 is 1.14 bits per heavy atom. The van der Waals surface area contributed by atoms with Gasteiger partial charge in [-0.15, -0.1) is 0 Å². The van der Waals surface area contributed by atoms with Crippen LogP contribution in [-0.2, 0) is 21.7 Å². The summed E-state index contributed by atoms with van der Waals surface area (Å²) in [5, 5.41) is 5.37. The van der Waals surface area contributed by atoms with E-state index in [1.54, 1.807) is 50.4 Å². The summed E-state index contributed by atoms with van der Waals surface area (Å²) >= 11 is 0. The minimum atomic E-state index is -1.22. The molecule has 1 heterocycles. The average Bonchev–Trinajstić information content (AvgIpc) is 2.98. The number of imide groups is 1. The van der Waals surface area contributed by atoms with Crippen molar-refractivity contribution in [2.45, 2.75) is 25.4 Å². The molecule has 0 spiro atoms. The highest BCUT2D eigenvalue weighted by Gasteiger charge is 2.51. The van der Waals surface area contributed by atoms with E-state index in [0.717, 1.165) is 4.90 Å². The first kappa shape index (κ1) is 20.3. The lowest BCUT2D eigenvalue weighted by Gasteiger charge is -2.26. The highest BCUT2D eigenvalue weighted by atomic mass is 19.1. The third-order valence-corrected chi connectivity index (χ3v) is 4.99. The van der Waals surface area contributed by atoms with Crippen LogP contribution in [0.5, 0.6) is 5.75 Å². The van der Waals surface area contributed by atoms with Crippen molar-refractivity contribution < 1.29 is 23.5 Å². The van der Waals surface area contributed by atoms with Crippen molar-refractivity contribution in [3.63, 3.8) is 0 Å². The number of nitrogens with one attached hydrogen (secondary N) is 2. The van der Waals surface area contributed by atoms with Crippen molar-refractivity contribution in [2.24, 2.45) is 0 Å². The molecule has 0 aromatic heterocycles. The van der Waals surface area contributed by atoms with Crippen molar-refractivity contribution in [3.05, 3.63) is 65.5 Å². The largest absolute Gasteiger partial charge is 0.497 e. The number of methoxy groups -OCH3 is 1. The fourth-order valence-electron chi connectivity index (χ4n) is 3.29. The Labute approximate surface area is 167 Å². The fraction of sp³-hybridized carbons (Fsp3) is 0.286. The molecule has 2 aromatic rings. The third-order valence-electron chi connectivity index (χ3n) is 4.99. The summed E-state index contributed by atoms with van der Waals surface area (Å²) in [6.07, 6.45) is 0.331. The van der Waals surface area contributed by atoms with Crippen molar-refractivity contribution in [2.75, 3.05) is 13.7 Å². The molecule has 1 fully saturated rings. The van der Waals surface area contributed by atoms with E-state index in [2.05, 4.69) is 10.6 Å². The number of carbonyl (C=O) groups excluding carboxylic acids is 3. The average molecular weight is 399 g/mol. The number of hydrogen-bond acceptors (Lipinski definition) is 4. The van der Waals surface area contributed by atoms with Crippen molar-refractivity contribution in [3.8, 4) is 5.75 Å². The summed E-state index contributed by atoms with van der Waals surface area (Å²) in [5.74, 6) is -0.700. The highest BCUT2D eigenvalue weighted by molar-refractivity contribution is 6.09. The van der Waals surface area contributed by atoms with Crippen LogP contribution in [0.25, 0.3) is 0 Å². The Balaban J connectivity index is 1.69.